The Morgan fingerprint density at radius 2 is 1.32 bits per heavy atom. The molecule has 3 aromatic carbocycles. The summed E-state index contributed by atoms with van der Waals surface area (Å²) in [7, 11) is 0. The molecule has 0 spiro atoms. The van der Waals surface area contributed by atoms with E-state index in [1.54, 1.807) is 0 Å². The predicted molar refractivity (Wildman–Crippen MR) is 95.5 cm³/mol. The molecule has 108 valence electrons. The van der Waals surface area contributed by atoms with Crippen molar-refractivity contribution in [3.05, 3.63) is 66.5 Å². The summed E-state index contributed by atoms with van der Waals surface area (Å²) in [5.41, 5.74) is 1.56. The Hall–Kier alpha value is -2.41. The van der Waals surface area contributed by atoms with E-state index in [0.717, 1.165) is 0 Å². The summed E-state index contributed by atoms with van der Waals surface area (Å²) in [4.78, 5) is 4.22. The van der Waals surface area contributed by atoms with Crippen molar-refractivity contribution < 1.29 is 0 Å². The third kappa shape index (κ3) is 1.97. The molecule has 4 aromatic rings. The summed E-state index contributed by atoms with van der Waals surface area (Å²) >= 11 is 0. The summed E-state index contributed by atoms with van der Waals surface area (Å²) in [5.74, 6) is 0. The molecule has 1 heterocycles. The number of pyridine rings is 1. The Morgan fingerprint density at radius 3 is 2.05 bits per heavy atom. The maximum absolute atomic E-state index is 4.22. The van der Waals surface area contributed by atoms with E-state index in [0.29, 0.717) is 0 Å². The van der Waals surface area contributed by atoms with Crippen molar-refractivity contribution in [1.29, 1.82) is 0 Å². The van der Waals surface area contributed by atoms with E-state index in [2.05, 4.69) is 74.3 Å². The van der Waals surface area contributed by atoms with Gasteiger partial charge in [0.1, 0.15) is 0 Å². The highest BCUT2D eigenvalue weighted by Crippen LogP contribution is 2.33. The van der Waals surface area contributed by atoms with E-state index in [1.165, 1.54) is 37.9 Å². The number of hydrogen-bond donors (Lipinski definition) is 0. The highest BCUT2D eigenvalue weighted by molar-refractivity contribution is 6.17. The van der Waals surface area contributed by atoms with Crippen LogP contribution >= 0.6 is 0 Å². The highest BCUT2D eigenvalue weighted by Gasteiger charge is 2.14. The molecule has 0 saturated heterocycles. The van der Waals surface area contributed by atoms with E-state index >= 15 is 0 Å². The normalized spacial score (nSPS) is 12.3. The lowest BCUT2D eigenvalue weighted by Crippen LogP contribution is -2.10. The number of nitrogens with zero attached hydrogens (tertiary/aromatic N) is 1. The molecule has 22 heavy (non-hydrogen) atoms. The van der Waals surface area contributed by atoms with E-state index < -0.39 is 0 Å². The molecule has 0 bridgehead atoms. The zero-order chi connectivity index (χ0) is 15.3. The third-order valence-electron chi connectivity index (χ3n) is 4.50. The first-order chi connectivity index (χ1) is 10.5. The summed E-state index contributed by atoms with van der Waals surface area (Å²) in [5, 5.41) is 7.72. The number of aromatic nitrogens is 1. The minimum absolute atomic E-state index is 0.179. The molecule has 0 unspecified atom stereocenters. The van der Waals surface area contributed by atoms with Crippen LogP contribution in [0.1, 0.15) is 26.3 Å². The molecular formula is C21H19N. The molecular weight excluding hydrogens is 266 g/mol. The summed E-state index contributed by atoms with van der Waals surface area (Å²) < 4.78 is 0. The lowest BCUT2D eigenvalue weighted by atomic mass is 9.85. The molecule has 1 aromatic heterocycles. The molecule has 0 aliphatic rings. The minimum Gasteiger partial charge on any atom is -0.264 e. The van der Waals surface area contributed by atoms with Gasteiger partial charge in [0.15, 0.2) is 0 Å². The first-order valence-electron chi connectivity index (χ1n) is 7.74. The quantitative estimate of drug-likeness (QED) is 0.370. The van der Waals surface area contributed by atoms with Crippen LogP contribution in [0.4, 0.5) is 0 Å². The second-order valence-corrected chi connectivity index (χ2v) is 7.01. The maximum Gasteiger partial charge on any atom is 0.0346 e. The van der Waals surface area contributed by atoms with Gasteiger partial charge in [-0.15, -0.1) is 0 Å². The molecule has 0 aliphatic carbocycles. The summed E-state index contributed by atoms with van der Waals surface area (Å²) in [6.07, 6.45) is 3.80. The van der Waals surface area contributed by atoms with Gasteiger partial charge in [0.05, 0.1) is 0 Å². The molecule has 1 nitrogen and oxygen atoms in total. The van der Waals surface area contributed by atoms with Crippen LogP contribution in [-0.2, 0) is 5.41 Å². The molecule has 0 aliphatic heterocycles. The fourth-order valence-corrected chi connectivity index (χ4v) is 3.19. The molecule has 1 heteroatoms. The highest BCUT2D eigenvalue weighted by atomic mass is 14.6. The van der Waals surface area contributed by atoms with Crippen molar-refractivity contribution in [3.8, 4) is 0 Å². The zero-order valence-electron chi connectivity index (χ0n) is 13.2. The average Bonchev–Trinajstić information content (AvgIpc) is 2.52. The van der Waals surface area contributed by atoms with Crippen LogP contribution in [0.2, 0.25) is 0 Å². The van der Waals surface area contributed by atoms with Gasteiger partial charge in [-0.1, -0.05) is 63.2 Å². The average molecular weight is 285 g/mol. The second-order valence-electron chi connectivity index (χ2n) is 7.01. The van der Waals surface area contributed by atoms with E-state index in [4.69, 9.17) is 0 Å². The van der Waals surface area contributed by atoms with E-state index in [-0.39, 0.29) is 5.41 Å². The fourth-order valence-electron chi connectivity index (χ4n) is 3.19. The van der Waals surface area contributed by atoms with Crippen molar-refractivity contribution in [2.45, 2.75) is 26.2 Å². The third-order valence-corrected chi connectivity index (χ3v) is 4.50. The molecule has 0 radical (unpaired) electrons. The molecule has 0 saturated carbocycles. The second kappa shape index (κ2) is 4.54. The first-order valence-corrected chi connectivity index (χ1v) is 7.74. The smallest absolute Gasteiger partial charge is 0.0346 e. The SMILES string of the molecule is CC(C)(C)c1ccc2c(ccc3c4ccncc4ccc23)c1. The zero-order valence-corrected chi connectivity index (χ0v) is 13.2. The number of hydrogen-bond acceptors (Lipinski definition) is 1. The van der Waals surface area contributed by atoms with Crippen LogP contribution in [0.15, 0.2) is 60.9 Å². The van der Waals surface area contributed by atoms with Crippen LogP contribution in [0.3, 0.4) is 0 Å². The van der Waals surface area contributed by atoms with E-state index in [1.807, 2.05) is 12.4 Å². The van der Waals surface area contributed by atoms with Crippen LogP contribution < -0.4 is 0 Å². The van der Waals surface area contributed by atoms with Gasteiger partial charge in [-0.25, -0.2) is 0 Å². The van der Waals surface area contributed by atoms with Crippen molar-refractivity contribution >= 4 is 32.3 Å². The van der Waals surface area contributed by atoms with Crippen molar-refractivity contribution in [2.75, 3.05) is 0 Å². The van der Waals surface area contributed by atoms with Crippen molar-refractivity contribution in [1.82, 2.24) is 4.98 Å². The minimum atomic E-state index is 0.179. The standard InChI is InChI=1S/C21H19N/c1-21(2,3)16-6-9-17-14(12-16)4-7-20-18-10-11-22-13-15(18)5-8-19(17)20/h4-13H,1-3H3. The number of rotatable bonds is 0. The number of benzene rings is 3. The molecule has 0 N–H and O–H groups in total. The monoisotopic (exact) mass is 285 g/mol. The summed E-state index contributed by atoms with van der Waals surface area (Å²) in [6, 6.07) is 17.8. The van der Waals surface area contributed by atoms with Gasteiger partial charge in [0, 0.05) is 17.8 Å². The van der Waals surface area contributed by atoms with Crippen LogP contribution in [0.5, 0.6) is 0 Å². The molecule has 0 amide bonds. The van der Waals surface area contributed by atoms with Crippen LogP contribution in [-0.4, -0.2) is 4.98 Å². The van der Waals surface area contributed by atoms with Crippen LogP contribution in [0.25, 0.3) is 32.3 Å². The Labute approximate surface area is 130 Å². The molecule has 0 fully saturated rings. The summed E-state index contributed by atoms with van der Waals surface area (Å²) in [6.45, 7) is 6.78. The molecule has 4 rings (SSSR count). The van der Waals surface area contributed by atoms with Gasteiger partial charge in [0.2, 0.25) is 0 Å². The van der Waals surface area contributed by atoms with E-state index in [9.17, 15) is 0 Å². The van der Waals surface area contributed by atoms with Crippen molar-refractivity contribution in [3.63, 3.8) is 0 Å². The Bertz CT molecular complexity index is 1010. The van der Waals surface area contributed by atoms with Gasteiger partial charge in [-0.2, -0.15) is 0 Å². The topological polar surface area (TPSA) is 12.9 Å². The fraction of sp³-hybridized carbons (Fsp3) is 0.190. The van der Waals surface area contributed by atoms with Crippen molar-refractivity contribution in [2.24, 2.45) is 0 Å². The van der Waals surface area contributed by atoms with Crippen LogP contribution in [0, 0.1) is 0 Å². The first kappa shape index (κ1) is 13.3. The Kier molecular flexibility index (Phi) is 2.74. The predicted octanol–water partition coefficient (Wildman–Crippen LogP) is 5.84. The van der Waals surface area contributed by atoms with Gasteiger partial charge in [-0.05, 0) is 44.0 Å². The lowest BCUT2D eigenvalue weighted by molar-refractivity contribution is 0.591. The largest absolute Gasteiger partial charge is 0.264 e. The number of fused-ring (bicyclic) bond motifs is 5. The maximum atomic E-state index is 4.22. The van der Waals surface area contributed by atoms with Gasteiger partial charge < -0.3 is 0 Å². The van der Waals surface area contributed by atoms with Gasteiger partial charge >= 0.3 is 0 Å². The Morgan fingerprint density at radius 1 is 0.682 bits per heavy atom. The lowest BCUT2D eigenvalue weighted by Gasteiger charge is -2.20. The Balaban J connectivity index is 2.09. The van der Waals surface area contributed by atoms with Gasteiger partial charge in [-0.3, -0.25) is 4.98 Å². The molecule has 0 atom stereocenters. The van der Waals surface area contributed by atoms with Gasteiger partial charge in [0.25, 0.3) is 0 Å².